The Hall–Kier alpha value is -0.610. The lowest BCUT2D eigenvalue weighted by molar-refractivity contribution is -0.130. The summed E-state index contributed by atoms with van der Waals surface area (Å²) >= 11 is 0. The van der Waals surface area contributed by atoms with Crippen molar-refractivity contribution in [2.75, 3.05) is 45.8 Å². The minimum absolute atomic E-state index is 0.381. The second kappa shape index (κ2) is 4.94. The van der Waals surface area contributed by atoms with Gasteiger partial charge in [0.2, 0.25) is 5.91 Å². The molecule has 0 aromatic heterocycles. The molecular weight excluding hydrogens is 214 g/mol. The molecule has 96 valence electrons. The highest BCUT2D eigenvalue weighted by molar-refractivity contribution is 5.76. The van der Waals surface area contributed by atoms with Crippen LogP contribution < -0.4 is 5.32 Å². The van der Waals surface area contributed by atoms with Crippen LogP contribution in [-0.4, -0.2) is 61.5 Å². The minimum atomic E-state index is 0.381. The zero-order valence-electron chi connectivity index (χ0n) is 10.5. The van der Waals surface area contributed by atoms with Gasteiger partial charge in [-0.1, -0.05) is 0 Å². The van der Waals surface area contributed by atoms with Gasteiger partial charge in [-0.2, -0.15) is 0 Å². The fraction of sp³-hybridized carbons (Fsp3) is 0.923. The van der Waals surface area contributed by atoms with Gasteiger partial charge in [-0.25, -0.2) is 0 Å². The average molecular weight is 237 g/mol. The van der Waals surface area contributed by atoms with E-state index in [0.29, 0.717) is 5.91 Å². The molecule has 4 nitrogen and oxygen atoms in total. The second-order valence-electron chi connectivity index (χ2n) is 5.78. The highest BCUT2D eigenvalue weighted by atomic mass is 16.2. The first-order valence-corrected chi connectivity index (χ1v) is 7.04. The molecule has 0 aromatic rings. The summed E-state index contributed by atoms with van der Waals surface area (Å²) in [6.45, 7) is 7.59. The van der Waals surface area contributed by atoms with E-state index in [1.165, 1.54) is 25.9 Å². The fourth-order valence-corrected chi connectivity index (χ4v) is 3.48. The molecule has 0 aliphatic carbocycles. The number of carbonyl (C=O) groups excluding carboxylic acids is 1. The normalized spacial score (nSPS) is 33.3. The number of amides is 1. The minimum Gasteiger partial charge on any atom is -0.342 e. The standard InChI is InChI=1S/C13H23N3O/c17-13(3-6-15-4-1-2-5-15)16-9-11-7-14-8-12(11)10-16/h11-12,14H,1-10H2/t11-,12+. The molecule has 0 spiro atoms. The predicted octanol–water partition coefficient (Wildman–Crippen LogP) is 0.150. The maximum atomic E-state index is 12.1. The van der Waals surface area contributed by atoms with Crippen molar-refractivity contribution in [2.45, 2.75) is 19.3 Å². The average Bonchev–Trinajstić information content (AvgIpc) is 3.01. The Kier molecular flexibility index (Phi) is 3.34. The molecule has 4 heteroatoms. The van der Waals surface area contributed by atoms with Crippen LogP contribution in [0.15, 0.2) is 0 Å². The van der Waals surface area contributed by atoms with Crippen LogP contribution in [0.4, 0.5) is 0 Å². The van der Waals surface area contributed by atoms with Crippen molar-refractivity contribution < 1.29 is 4.79 Å². The van der Waals surface area contributed by atoms with Crippen molar-refractivity contribution in [3.63, 3.8) is 0 Å². The van der Waals surface area contributed by atoms with Gasteiger partial charge in [0.1, 0.15) is 0 Å². The van der Waals surface area contributed by atoms with Gasteiger partial charge in [-0.3, -0.25) is 4.79 Å². The van der Waals surface area contributed by atoms with Crippen LogP contribution in [0.5, 0.6) is 0 Å². The number of nitrogens with zero attached hydrogens (tertiary/aromatic N) is 2. The van der Waals surface area contributed by atoms with E-state index >= 15 is 0 Å². The molecule has 3 aliphatic rings. The molecule has 0 saturated carbocycles. The van der Waals surface area contributed by atoms with Gasteiger partial charge in [0.25, 0.3) is 0 Å². The third-order valence-corrected chi connectivity index (χ3v) is 4.58. The van der Waals surface area contributed by atoms with E-state index < -0.39 is 0 Å². The summed E-state index contributed by atoms with van der Waals surface area (Å²) in [7, 11) is 0. The monoisotopic (exact) mass is 237 g/mol. The van der Waals surface area contributed by atoms with E-state index in [-0.39, 0.29) is 0 Å². The quantitative estimate of drug-likeness (QED) is 0.759. The molecule has 1 amide bonds. The van der Waals surface area contributed by atoms with E-state index in [9.17, 15) is 4.79 Å². The van der Waals surface area contributed by atoms with E-state index in [1.54, 1.807) is 0 Å². The molecule has 17 heavy (non-hydrogen) atoms. The Balaban J connectivity index is 1.43. The first-order chi connectivity index (χ1) is 8.33. The number of carbonyl (C=O) groups is 1. The maximum Gasteiger partial charge on any atom is 0.223 e. The van der Waals surface area contributed by atoms with Crippen LogP contribution in [0, 0.1) is 11.8 Å². The zero-order valence-corrected chi connectivity index (χ0v) is 10.5. The molecule has 0 aromatic carbocycles. The van der Waals surface area contributed by atoms with E-state index in [4.69, 9.17) is 0 Å². The van der Waals surface area contributed by atoms with E-state index in [1.807, 2.05) is 0 Å². The largest absolute Gasteiger partial charge is 0.342 e. The Morgan fingerprint density at radius 3 is 2.41 bits per heavy atom. The summed E-state index contributed by atoms with van der Waals surface area (Å²) < 4.78 is 0. The lowest BCUT2D eigenvalue weighted by Crippen LogP contribution is -2.34. The summed E-state index contributed by atoms with van der Waals surface area (Å²) in [5.41, 5.74) is 0. The Labute approximate surface area is 103 Å². The highest BCUT2D eigenvalue weighted by Crippen LogP contribution is 2.26. The van der Waals surface area contributed by atoms with Gasteiger partial charge >= 0.3 is 0 Å². The van der Waals surface area contributed by atoms with E-state index in [0.717, 1.165) is 51.0 Å². The Bertz CT molecular complexity index is 276. The molecule has 3 fully saturated rings. The highest BCUT2D eigenvalue weighted by Gasteiger charge is 2.37. The van der Waals surface area contributed by atoms with Crippen LogP contribution in [0.2, 0.25) is 0 Å². The number of rotatable bonds is 3. The van der Waals surface area contributed by atoms with Crippen molar-refractivity contribution in [1.82, 2.24) is 15.1 Å². The molecule has 3 heterocycles. The summed E-state index contributed by atoms with van der Waals surface area (Å²) in [5.74, 6) is 1.84. The van der Waals surface area contributed by atoms with Crippen LogP contribution in [0.1, 0.15) is 19.3 Å². The van der Waals surface area contributed by atoms with Crippen molar-refractivity contribution >= 4 is 5.91 Å². The SMILES string of the molecule is O=C(CCN1CCCC1)N1C[C@H]2CNC[C@H]2C1. The molecule has 0 unspecified atom stereocenters. The zero-order chi connectivity index (χ0) is 11.7. The number of likely N-dealkylation sites (tertiary alicyclic amines) is 2. The Morgan fingerprint density at radius 2 is 1.76 bits per heavy atom. The second-order valence-corrected chi connectivity index (χ2v) is 5.78. The predicted molar refractivity (Wildman–Crippen MR) is 66.7 cm³/mol. The molecular formula is C13H23N3O. The smallest absolute Gasteiger partial charge is 0.223 e. The van der Waals surface area contributed by atoms with Crippen molar-refractivity contribution in [1.29, 1.82) is 0 Å². The number of hydrogen-bond acceptors (Lipinski definition) is 3. The number of hydrogen-bond donors (Lipinski definition) is 1. The number of nitrogens with one attached hydrogen (secondary N) is 1. The number of fused-ring (bicyclic) bond motifs is 1. The van der Waals surface area contributed by atoms with Crippen molar-refractivity contribution in [3.8, 4) is 0 Å². The summed E-state index contributed by atoms with van der Waals surface area (Å²) in [4.78, 5) is 16.6. The molecule has 1 N–H and O–H groups in total. The molecule has 3 saturated heterocycles. The first kappa shape index (κ1) is 11.5. The lowest BCUT2D eigenvalue weighted by atomic mass is 10.0. The van der Waals surface area contributed by atoms with Crippen molar-refractivity contribution in [3.05, 3.63) is 0 Å². The third-order valence-electron chi connectivity index (χ3n) is 4.58. The molecule has 3 rings (SSSR count). The van der Waals surface area contributed by atoms with Crippen LogP contribution in [0.3, 0.4) is 0 Å². The van der Waals surface area contributed by atoms with Gasteiger partial charge in [-0.15, -0.1) is 0 Å². The van der Waals surface area contributed by atoms with Crippen LogP contribution >= 0.6 is 0 Å². The molecule has 0 radical (unpaired) electrons. The Morgan fingerprint density at radius 1 is 1.12 bits per heavy atom. The van der Waals surface area contributed by atoms with Crippen molar-refractivity contribution in [2.24, 2.45) is 11.8 Å². The van der Waals surface area contributed by atoms with Gasteiger partial charge in [0, 0.05) is 39.1 Å². The summed E-state index contributed by atoms with van der Waals surface area (Å²) in [5, 5.41) is 3.41. The first-order valence-electron chi connectivity index (χ1n) is 7.04. The fourth-order valence-electron chi connectivity index (χ4n) is 3.48. The van der Waals surface area contributed by atoms with Gasteiger partial charge in [-0.05, 0) is 37.8 Å². The topological polar surface area (TPSA) is 35.6 Å². The third kappa shape index (κ3) is 2.47. The van der Waals surface area contributed by atoms with Crippen LogP contribution in [0.25, 0.3) is 0 Å². The lowest BCUT2D eigenvalue weighted by Gasteiger charge is -2.20. The molecule has 0 bridgehead atoms. The summed E-state index contributed by atoms with van der Waals surface area (Å²) in [6.07, 6.45) is 3.36. The molecule has 3 aliphatic heterocycles. The van der Waals surface area contributed by atoms with Gasteiger partial charge in [0.15, 0.2) is 0 Å². The van der Waals surface area contributed by atoms with Gasteiger partial charge < -0.3 is 15.1 Å². The summed E-state index contributed by atoms with van der Waals surface area (Å²) in [6, 6.07) is 0. The van der Waals surface area contributed by atoms with Crippen LogP contribution in [-0.2, 0) is 4.79 Å². The maximum absolute atomic E-state index is 12.1. The molecule has 2 atom stereocenters. The van der Waals surface area contributed by atoms with E-state index in [2.05, 4.69) is 15.1 Å². The van der Waals surface area contributed by atoms with Gasteiger partial charge in [0.05, 0.1) is 0 Å².